The van der Waals surface area contributed by atoms with Gasteiger partial charge in [-0.05, 0) is 24.0 Å². The smallest absolute Gasteiger partial charge is 0.410 e. The summed E-state index contributed by atoms with van der Waals surface area (Å²) in [6.45, 7) is 1.60. The number of carbonyl (C=O) groups excluding carboxylic acids is 1. The van der Waals surface area contributed by atoms with Gasteiger partial charge in [-0.2, -0.15) is 0 Å². The van der Waals surface area contributed by atoms with Gasteiger partial charge in [-0.1, -0.05) is 59.8 Å². The Kier molecular flexibility index (Phi) is 4.37. The van der Waals surface area contributed by atoms with Crippen molar-refractivity contribution >= 4 is 11.8 Å². The molecule has 0 aromatic heterocycles. The number of hydrogen-bond donors (Lipinski definition) is 1. The Bertz CT molecular complexity index is 824. The number of rotatable bonds is 2. The number of amides is 1. The molecule has 1 fully saturated rings. The van der Waals surface area contributed by atoms with E-state index in [0.29, 0.717) is 19.7 Å². The lowest BCUT2D eigenvalue weighted by molar-refractivity contribution is 0.0785. The lowest BCUT2D eigenvalue weighted by Crippen LogP contribution is -2.44. The number of ether oxygens (including phenoxy) is 1. The maximum Gasteiger partial charge on any atom is 0.410 e. The lowest BCUT2D eigenvalue weighted by Gasteiger charge is -2.39. The van der Waals surface area contributed by atoms with E-state index in [1.165, 1.54) is 5.56 Å². The van der Waals surface area contributed by atoms with E-state index in [1.54, 1.807) is 4.90 Å². The van der Waals surface area contributed by atoms with Crippen LogP contribution >= 0.6 is 0 Å². The number of piperidine rings is 1. The highest BCUT2D eigenvalue weighted by molar-refractivity contribution is 6.05. The van der Waals surface area contributed by atoms with E-state index in [1.807, 2.05) is 48.5 Å². The van der Waals surface area contributed by atoms with Gasteiger partial charge in [0.2, 0.25) is 0 Å². The second-order valence-electron chi connectivity index (χ2n) is 7.08. The van der Waals surface area contributed by atoms with Gasteiger partial charge in [-0.15, -0.1) is 0 Å². The monoisotopic (exact) mass is 350 g/mol. The molecule has 1 aliphatic carbocycles. The number of likely N-dealkylation sites (tertiary alicyclic amines) is 1. The molecular formula is C21H22N2O3. The van der Waals surface area contributed by atoms with E-state index in [9.17, 15) is 10.0 Å². The van der Waals surface area contributed by atoms with E-state index >= 15 is 0 Å². The summed E-state index contributed by atoms with van der Waals surface area (Å²) in [5.74, 6) is 0. The maximum atomic E-state index is 12.4. The molecule has 1 amide bonds. The van der Waals surface area contributed by atoms with Crippen molar-refractivity contribution in [1.29, 1.82) is 0 Å². The number of fused-ring (bicyclic) bond motifs is 2. The van der Waals surface area contributed by atoms with Crippen molar-refractivity contribution in [3.8, 4) is 0 Å². The highest BCUT2D eigenvalue weighted by Gasteiger charge is 2.45. The molecule has 1 saturated heterocycles. The quantitative estimate of drug-likeness (QED) is 0.659. The molecule has 5 heteroatoms. The zero-order chi connectivity index (χ0) is 18.0. The van der Waals surface area contributed by atoms with E-state index in [0.717, 1.165) is 36.1 Å². The van der Waals surface area contributed by atoms with E-state index < -0.39 is 0 Å². The largest absolute Gasteiger partial charge is 0.445 e. The molecule has 0 atom stereocenters. The van der Waals surface area contributed by atoms with Crippen molar-refractivity contribution in [3.05, 3.63) is 71.3 Å². The van der Waals surface area contributed by atoms with Crippen LogP contribution < -0.4 is 0 Å². The highest BCUT2D eigenvalue weighted by atomic mass is 16.6. The summed E-state index contributed by atoms with van der Waals surface area (Å²) >= 11 is 0. The van der Waals surface area contributed by atoms with Gasteiger partial charge < -0.3 is 14.8 Å². The Labute approximate surface area is 152 Å². The average Bonchev–Trinajstić information content (AvgIpc) is 3.01. The van der Waals surface area contributed by atoms with Gasteiger partial charge in [-0.25, -0.2) is 4.79 Å². The van der Waals surface area contributed by atoms with Gasteiger partial charge in [0.05, 0.1) is 5.71 Å². The van der Waals surface area contributed by atoms with Crippen molar-refractivity contribution in [2.24, 2.45) is 5.16 Å². The zero-order valence-electron chi connectivity index (χ0n) is 14.6. The third-order valence-corrected chi connectivity index (χ3v) is 5.62. The molecule has 1 heterocycles. The number of nitrogens with zero attached hydrogens (tertiary/aromatic N) is 2. The number of carbonyl (C=O) groups is 1. The SMILES string of the molecule is O=C(OCc1ccccc1)N1CCC2(CC1)C/C(=N\O)c1ccccc12. The first-order valence-corrected chi connectivity index (χ1v) is 8.98. The summed E-state index contributed by atoms with van der Waals surface area (Å²) in [4.78, 5) is 14.2. The summed E-state index contributed by atoms with van der Waals surface area (Å²) in [5.41, 5.74) is 3.98. The molecule has 2 aliphatic rings. The third kappa shape index (κ3) is 2.94. The fourth-order valence-electron chi connectivity index (χ4n) is 4.17. The highest BCUT2D eigenvalue weighted by Crippen LogP contribution is 2.46. The normalized spacial score (nSPS) is 19.5. The average molecular weight is 350 g/mol. The molecule has 1 aliphatic heterocycles. The van der Waals surface area contributed by atoms with Crippen molar-refractivity contribution in [3.63, 3.8) is 0 Å². The van der Waals surface area contributed by atoms with Crippen molar-refractivity contribution in [2.75, 3.05) is 13.1 Å². The van der Waals surface area contributed by atoms with Gasteiger partial charge in [0, 0.05) is 30.5 Å². The molecule has 0 saturated carbocycles. The summed E-state index contributed by atoms with van der Waals surface area (Å²) in [6.07, 6.45) is 2.17. The summed E-state index contributed by atoms with van der Waals surface area (Å²) in [5, 5.41) is 12.9. The van der Waals surface area contributed by atoms with E-state index in [2.05, 4.69) is 11.2 Å². The number of benzene rings is 2. The Balaban J connectivity index is 1.41. The van der Waals surface area contributed by atoms with Crippen LogP contribution in [0.2, 0.25) is 0 Å². The van der Waals surface area contributed by atoms with Crippen LogP contribution in [0.15, 0.2) is 59.8 Å². The molecule has 1 N–H and O–H groups in total. The fourth-order valence-corrected chi connectivity index (χ4v) is 4.17. The van der Waals surface area contributed by atoms with Crippen LogP contribution in [0.3, 0.4) is 0 Å². The Morgan fingerprint density at radius 3 is 2.50 bits per heavy atom. The number of oxime groups is 1. The zero-order valence-corrected chi connectivity index (χ0v) is 14.6. The van der Waals surface area contributed by atoms with E-state index in [4.69, 9.17) is 4.74 Å². The standard InChI is InChI=1S/C21H22N2O3/c24-20(26-15-16-6-2-1-3-7-16)23-12-10-21(11-13-23)14-19(22-25)17-8-4-5-9-18(17)21/h1-9,25H,10-15H2/b22-19+. The van der Waals surface area contributed by atoms with Crippen LogP contribution in [0.25, 0.3) is 0 Å². The first-order valence-electron chi connectivity index (χ1n) is 8.98. The van der Waals surface area contributed by atoms with Crippen molar-refractivity contribution in [2.45, 2.75) is 31.3 Å². The first-order chi connectivity index (χ1) is 12.7. The van der Waals surface area contributed by atoms with Gasteiger partial charge in [0.25, 0.3) is 0 Å². The predicted molar refractivity (Wildman–Crippen MR) is 98.5 cm³/mol. The molecule has 2 aromatic rings. The van der Waals surface area contributed by atoms with Crippen LogP contribution in [0.5, 0.6) is 0 Å². The Hall–Kier alpha value is -2.82. The van der Waals surface area contributed by atoms with Crippen LogP contribution in [-0.4, -0.2) is 35.0 Å². The van der Waals surface area contributed by atoms with Crippen LogP contribution in [-0.2, 0) is 16.8 Å². The topological polar surface area (TPSA) is 62.1 Å². The molecule has 134 valence electrons. The summed E-state index contributed by atoms with van der Waals surface area (Å²) in [7, 11) is 0. The molecule has 5 nitrogen and oxygen atoms in total. The Morgan fingerprint density at radius 1 is 1.08 bits per heavy atom. The minimum atomic E-state index is -0.258. The van der Waals surface area contributed by atoms with Crippen LogP contribution in [0.4, 0.5) is 4.79 Å². The third-order valence-electron chi connectivity index (χ3n) is 5.62. The molecule has 2 aromatic carbocycles. The second kappa shape index (κ2) is 6.83. The van der Waals surface area contributed by atoms with E-state index in [-0.39, 0.29) is 11.5 Å². The maximum absolute atomic E-state index is 12.4. The molecule has 0 bridgehead atoms. The van der Waals surface area contributed by atoms with Crippen LogP contribution in [0.1, 0.15) is 36.0 Å². The Morgan fingerprint density at radius 2 is 1.77 bits per heavy atom. The molecule has 0 radical (unpaired) electrons. The predicted octanol–water partition coefficient (Wildman–Crippen LogP) is 3.94. The van der Waals surface area contributed by atoms with Gasteiger partial charge >= 0.3 is 6.09 Å². The molecule has 4 rings (SSSR count). The minimum absolute atomic E-state index is 0.0334. The number of hydrogen-bond acceptors (Lipinski definition) is 4. The molecular weight excluding hydrogens is 328 g/mol. The molecule has 0 unspecified atom stereocenters. The fraction of sp³-hybridized carbons (Fsp3) is 0.333. The minimum Gasteiger partial charge on any atom is -0.445 e. The van der Waals surface area contributed by atoms with Gasteiger partial charge in [0.15, 0.2) is 0 Å². The second-order valence-corrected chi connectivity index (χ2v) is 7.08. The van der Waals surface area contributed by atoms with Crippen molar-refractivity contribution in [1.82, 2.24) is 4.90 Å². The molecule has 26 heavy (non-hydrogen) atoms. The first kappa shape index (κ1) is 16.6. The van der Waals surface area contributed by atoms with Gasteiger partial charge in [-0.3, -0.25) is 0 Å². The van der Waals surface area contributed by atoms with Gasteiger partial charge in [0.1, 0.15) is 6.61 Å². The van der Waals surface area contributed by atoms with Crippen molar-refractivity contribution < 1.29 is 14.7 Å². The van der Waals surface area contributed by atoms with Crippen LogP contribution in [0, 0.1) is 0 Å². The molecule has 1 spiro atoms. The summed E-state index contributed by atoms with van der Waals surface area (Å²) in [6, 6.07) is 17.8. The lowest BCUT2D eigenvalue weighted by atomic mass is 9.74. The summed E-state index contributed by atoms with van der Waals surface area (Å²) < 4.78 is 5.45.